The summed E-state index contributed by atoms with van der Waals surface area (Å²) in [6.45, 7) is 0. The van der Waals surface area contributed by atoms with Crippen LogP contribution in [0.15, 0.2) is 113 Å². The van der Waals surface area contributed by atoms with Crippen LogP contribution in [-0.4, -0.2) is 40.7 Å². The molecule has 5 aromatic carbocycles. The van der Waals surface area contributed by atoms with Gasteiger partial charge in [-0.1, -0.05) is 54.1 Å². The molecule has 0 spiro atoms. The molecule has 0 bridgehead atoms. The third-order valence-corrected chi connectivity index (χ3v) is 8.29. The number of hydrogen-bond acceptors (Lipinski definition) is 8. The number of anilines is 1. The summed E-state index contributed by atoms with van der Waals surface area (Å²) in [5, 5.41) is 6.06. The number of para-hydroxylation sites is 1. The van der Waals surface area contributed by atoms with E-state index in [1.165, 1.54) is 62.9 Å². The van der Waals surface area contributed by atoms with Crippen molar-refractivity contribution in [3.63, 3.8) is 0 Å². The molecule has 0 aliphatic carbocycles. The van der Waals surface area contributed by atoms with Gasteiger partial charge in [0.25, 0.3) is 15.9 Å². The second kappa shape index (κ2) is 13.5. The lowest BCUT2D eigenvalue weighted by Crippen LogP contribution is -2.21. The van der Waals surface area contributed by atoms with Crippen LogP contribution in [0.25, 0.3) is 10.8 Å². The van der Waals surface area contributed by atoms with Crippen LogP contribution in [-0.2, 0) is 10.0 Å². The summed E-state index contributed by atoms with van der Waals surface area (Å²) in [5.74, 6) is -0.299. The van der Waals surface area contributed by atoms with Gasteiger partial charge in [-0.3, -0.25) is 9.52 Å². The average Bonchev–Trinajstić information content (AvgIpc) is 3.05. The Balaban J connectivity index is 1.40. The molecule has 0 heterocycles. The molecule has 0 fully saturated rings. The topological polar surface area (TPSA) is 132 Å². The van der Waals surface area contributed by atoms with E-state index >= 15 is 0 Å². The maximum absolute atomic E-state index is 13.2. The lowest BCUT2D eigenvalue weighted by atomic mass is 10.0. The fourth-order valence-corrected chi connectivity index (χ4v) is 5.63. The molecule has 228 valence electrons. The van der Waals surface area contributed by atoms with E-state index in [1.807, 2.05) is 24.3 Å². The average molecular weight is 644 g/mol. The van der Waals surface area contributed by atoms with Crippen molar-refractivity contribution < 1.29 is 32.2 Å². The van der Waals surface area contributed by atoms with E-state index < -0.39 is 21.9 Å². The molecule has 10 nitrogen and oxygen atoms in total. The summed E-state index contributed by atoms with van der Waals surface area (Å²) in [5.41, 5.74) is 3.18. The largest absolute Gasteiger partial charge is 0.493 e. The van der Waals surface area contributed by atoms with Gasteiger partial charge in [0, 0.05) is 10.6 Å². The second-order valence-electron chi connectivity index (χ2n) is 9.46. The minimum atomic E-state index is -4.01. The summed E-state index contributed by atoms with van der Waals surface area (Å²) in [6, 6.07) is 27.2. The van der Waals surface area contributed by atoms with E-state index in [-0.39, 0.29) is 27.5 Å². The third kappa shape index (κ3) is 7.06. The van der Waals surface area contributed by atoms with Crippen LogP contribution >= 0.6 is 11.6 Å². The van der Waals surface area contributed by atoms with E-state index in [2.05, 4.69) is 15.2 Å². The maximum Gasteiger partial charge on any atom is 0.343 e. The number of sulfonamides is 1. The number of fused-ring (bicyclic) bond motifs is 1. The van der Waals surface area contributed by atoms with Gasteiger partial charge >= 0.3 is 5.97 Å². The molecule has 1 amide bonds. The van der Waals surface area contributed by atoms with Crippen molar-refractivity contribution in [1.82, 2.24) is 5.43 Å². The molecule has 45 heavy (non-hydrogen) atoms. The number of nitrogens with one attached hydrogen (secondary N) is 2. The molecule has 0 unspecified atom stereocenters. The smallest absolute Gasteiger partial charge is 0.343 e. The Labute approximate surface area is 264 Å². The van der Waals surface area contributed by atoms with Crippen LogP contribution in [0.1, 0.15) is 26.3 Å². The minimum Gasteiger partial charge on any atom is -0.493 e. The number of hydrogen-bond donors (Lipinski definition) is 2. The molecule has 2 N–H and O–H groups in total. The first-order valence-electron chi connectivity index (χ1n) is 13.4. The fraction of sp³-hybridized carbons (Fsp3) is 0.0606. The van der Waals surface area contributed by atoms with Crippen LogP contribution in [0.4, 0.5) is 5.69 Å². The van der Waals surface area contributed by atoms with Crippen molar-refractivity contribution in [3.05, 3.63) is 125 Å². The zero-order valence-electron chi connectivity index (χ0n) is 24.0. The number of carbonyl (C=O) groups excluding carboxylic acids is 2. The number of esters is 1. The van der Waals surface area contributed by atoms with Gasteiger partial charge in [0.05, 0.1) is 42.1 Å². The quantitative estimate of drug-likeness (QED) is 0.0790. The Hall–Kier alpha value is -5.39. The normalized spacial score (nSPS) is 11.3. The Morgan fingerprint density at radius 2 is 1.49 bits per heavy atom. The van der Waals surface area contributed by atoms with E-state index in [0.717, 1.165) is 5.39 Å². The summed E-state index contributed by atoms with van der Waals surface area (Å²) in [7, 11) is -1.05. The SMILES string of the molecule is COc1ccc(C(=O)Oc2ccc3ccccc3c2/C=N/NC(=O)c2ccccc2NS(=O)(=O)c2ccc(Cl)cc2)cc1OC. The number of rotatable bonds is 10. The Kier molecular flexibility index (Phi) is 9.31. The molecule has 5 aromatic rings. The van der Waals surface area contributed by atoms with Gasteiger partial charge in [-0.25, -0.2) is 18.6 Å². The summed E-state index contributed by atoms with van der Waals surface area (Å²) >= 11 is 5.88. The minimum absolute atomic E-state index is 0.0220. The van der Waals surface area contributed by atoms with Crippen LogP contribution in [0, 0.1) is 0 Å². The van der Waals surface area contributed by atoms with Crippen molar-refractivity contribution in [2.45, 2.75) is 4.90 Å². The van der Waals surface area contributed by atoms with Crippen molar-refractivity contribution in [1.29, 1.82) is 0 Å². The number of benzene rings is 5. The molecule has 5 rings (SSSR count). The summed E-state index contributed by atoms with van der Waals surface area (Å²) < 4.78 is 44.6. The number of hydrazone groups is 1. The molecule has 0 aliphatic heterocycles. The predicted octanol–water partition coefficient (Wildman–Crippen LogP) is 6.29. The van der Waals surface area contributed by atoms with Crippen molar-refractivity contribution in [3.8, 4) is 17.2 Å². The Morgan fingerprint density at radius 1 is 0.800 bits per heavy atom. The number of amides is 1. The van der Waals surface area contributed by atoms with Gasteiger partial charge in [0.15, 0.2) is 11.5 Å². The monoisotopic (exact) mass is 643 g/mol. The second-order valence-corrected chi connectivity index (χ2v) is 11.6. The highest BCUT2D eigenvalue weighted by Gasteiger charge is 2.19. The first kappa shape index (κ1) is 31.0. The molecule has 0 atom stereocenters. The maximum atomic E-state index is 13.2. The van der Waals surface area contributed by atoms with Crippen LogP contribution in [0.3, 0.4) is 0 Å². The molecule has 12 heteroatoms. The van der Waals surface area contributed by atoms with E-state index in [0.29, 0.717) is 27.5 Å². The standard InChI is InChI=1S/C33H26ClN3O7S/c1-42-30-18-12-22(19-31(30)43-2)33(39)44-29-17-11-21-7-3-4-8-25(21)27(29)20-35-36-32(38)26-9-5-6-10-28(26)37-45(40,41)24-15-13-23(34)14-16-24/h3-20,37H,1-2H3,(H,36,38)/b35-20+. The van der Waals surface area contributed by atoms with Crippen LogP contribution in [0.2, 0.25) is 5.02 Å². The highest BCUT2D eigenvalue weighted by atomic mass is 35.5. The van der Waals surface area contributed by atoms with Crippen molar-refractivity contribution in [2.24, 2.45) is 5.10 Å². The van der Waals surface area contributed by atoms with E-state index in [1.54, 1.807) is 36.4 Å². The van der Waals surface area contributed by atoms with E-state index in [4.69, 9.17) is 25.8 Å². The number of carbonyl (C=O) groups is 2. The first-order valence-corrected chi connectivity index (χ1v) is 15.2. The van der Waals surface area contributed by atoms with Gasteiger partial charge in [-0.05, 0) is 71.4 Å². The van der Waals surface area contributed by atoms with Gasteiger partial charge in [0.1, 0.15) is 5.75 Å². The summed E-state index contributed by atoms with van der Waals surface area (Å²) in [6.07, 6.45) is 1.36. The van der Waals surface area contributed by atoms with Crippen molar-refractivity contribution >= 4 is 56.2 Å². The highest BCUT2D eigenvalue weighted by molar-refractivity contribution is 7.92. The Morgan fingerprint density at radius 3 is 2.24 bits per heavy atom. The molecule has 0 aliphatic rings. The van der Waals surface area contributed by atoms with Gasteiger partial charge in [-0.2, -0.15) is 5.10 Å². The molecule has 0 radical (unpaired) electrons. The number of methoxy groups -OCH3 is 2. The number of nitrogens with zero attached hydrogens (tertiary/aromatic N) is 1. The van der Waals surface area contributed by atoms with Gasteiger partial charge < -0.3 is 14.2 Å². The molecule has 0 saturated heterocycles. The van der Waals surface area contributed by atoms with E-state index in [9.17, 15) is 18.0 Å². The van der Waals surface area contributed by atoms with Crippen LogP contribution in [0.5, 0.6) is 17.2 Å². The highest BCUT2D eigenvalue weighted by Crippen LogP contribution is 2.30. The Bertz CT molecular complexity index is 2030. The number of ether oxygens (including phenoxy) is 3. The molecular weight excluding hydrogens is 618 g/mol. The summed E-state index contributed by atoms with van der Waals surface area (Å²) in [4.78, 5) is 26.3. The molecule has 0 saturated carbocycles. The van der Waals surface area contributed by atoms with Gasteiger partial charge in [0.2, 0.25) is 0 Å². The first-order chi connectivity index (χ1) is 21.7. The molecule has 0 aromatic heterocycles. The lowest BCUT2D eigenvalue weighted by Gasteiger charge is -2.13. The number of halogens is 1. The van der Waals surface area contributed by atoms with Crippen LogP contribution < -0.4 is 24.4 Å². The fourth-order valence-electron chi connectivity index (χ4n) is 4.42. The molecular formula is C33H26ClN3O7S. The lowest BCUT2D eigenvalue weighted by molar-refractivity contribution is 0.0734. The zero-order valence-corrected chi connectivity index (χ0v) is 25.6. The van der Waals surface area contributed by atoms with Gasteiger partial charge in [-0.15, -0.1) is 0 Å². The zero-order chi connectivity index (χ0) is 32.0. The van der Waals surface area contributed by atoms with Crippen molar-refractivity contribution in [2.75, 3.05) is 18.9 Å². The predicted molar refractivity (Wildman–Crippen MR) is 172 cm³/mol. The third-order valence-electron chi connectivity index (χ3n) is 6.65.